The van der Waals surface area contributed by atoms with Gasteiger partial charge < -0.3 is 4.48 Å². The number of unbranched alkanes of at least 4 members (excludes halogenated alkanes) is 48. The smallest absolute Gasteiger partial charge is 0.0786 e. The fraction of sp³-hybridized carbons (Fsp3) is 1.00. The molecule has 1 heteroatoms. The maximum Gasteiger partial charge on any atom is 0.0786 e. The van der Waals surface area contributed by atoms with E-state index in [1.54, 1.807) is 0 Å². The Labute approximate surface area is 390 Å². The van der Waals surface area contributed by atoms with Crippen LogP contribution in [0.5, 0.6) is 0 Å². The standard InChI is InChI=1S/C60H124N/c1-5-9-13-17-21-25-29-33-34-35-36-40-44-48-52-56-60-61(57-53-49-45-41-37-30-26-22-18-14-10-6-2,58-54-50-46-42-38-31-27-23-19-15-11-7-3)59-55-51-47-43-39-32-28-24-20-16-12-8-4/h5-60H2,1-4H3/q+1. The molecule has 0 unspecified atom stereocenters. The summed E-state index contributed by atoms with van der Waals surface area (Å²) in [5, 5.41) is 0. The van der Waals surface area contributed by atoms with Crippen molar-refractivity contribution in [2.75, 3.05) is 26.2 Å². The number of nitrogens with zero attached hydrogens (tertiary/aromatic N) is 1. The Balaban J connectivity index is 4.88. The molecule has 1 nitrogen and oxygen atoms in total. The van der Waals surface area contributed by atoms with Gasteiger partial charge >= 0.3 is 0 Å². The molecule has 0 aromatic rings. The zero-order valence-corrected chi connectivity index (χ0v) is 44.0. The summed E-state index contributed by atoms with van der Waals surface area (Å²) in [5.74, 6) is 0. The van der Waals surface area contributed by atoms with Crippen LogP contribution in [0.15, 0.2) is 0 Å². The van der Waals surface area contributed by atoms with E-state index < -0.39 is 0 Å². The summed E-state index contributed by atoms with van der Waals surface area (Å²) >= 11 is 0. The quantitative estimate of drug-likeness (QED) is 0.0422. The molecule has 0 aromatic carbocycles. The van der Waals surface area contributed by atoms with Crippen LogP contribution in [0.4, 0.5) is 0 Å². The average molecular weight is 860 g/mol. The number of quaternary nitrogens is 1. The van der Waals surface area contributed by atoms with Gasteiger partial charge in [0.15, 0.2) is 0 Å². The Morgan fingerprint density at radius 2 is 0.230 bits per heavy atom. The summed E-state index contributed by atoms with van der Waals surface area (Å²) in [6.45, 7) is 15.3. The molecule has 0 aliphatic rings. The first-order valence-electron chi connectivity index (χ1n) is 30.1. The lowest BCUT2D eigenvalue weighted by atomic mass is 10.0. The summed E-state index contributed by atoms with van der Waals surface area (Å²) in [5.41, 5.74) is 0. The summed E-state index contributed by atoms with van der Waals surface area (Å²) in [6, 6.07) is 0. The van der Waals surface area contributed by atoms with E-state index in [4.69, 9.17) is 0 Å². The van der Waals surface area contributed by atoms with Gasteiger partial charge in [0.2, 0.25) is 0 Å². The minimum Gasteiger partial charge on any atom is -0.324 e. The molecule has 0 N–H and O–H groups in total. The van der Waals surface area contributed by atoms with Crippen molar-refractivity contribution in [2.45, 2.75) is 362 Å². The van der Waals surface area contributed by atoms with E-state index in [0.29, 0.717) is 0 Å². The summed E-state index contributed by atoms with van der Waals surface area (Å²) in [6.07, 6.45) is 76.7. The van der Waals surface area contributed by atoms with Crippen molar-refractivity contribution in [3.8, 4) is 0 Å². The zero-order chi connectivity index (χ0) is 44.1. The summed E-state index contributed by atoms with van der Waals surface area (Å²) in [4.78, 5) is 0. The molecule has 0 spiro atoms. The van der Waals surface area contributed by atoms with Crippen LogP contribution in [0.3, 0.4) is 0 Å². The lowest BCUT2D eigenvalue weighted by Crippen LogP contribution is -2.50. The molecule has 0 fully saturated rings. The minimum atomic E-state index is 1.37. The van der Waals surface area contributed by atoms with Gasteiger partial charge in [-0.15, -0.1) is 0 Å². The fourth-order valence-corrected chi connectivity index (χ4v) is 10.5. The van der Waals surface area contributed by atoms with E-state index >= 15 is 0 Å². The molecule has 0 radical (unpaired) electrons. The predicted molar refractivity (Wildman–Crippen MR) is 283 cm³/mol. The second-order valence-corrected chi connectivity index (χ2v) is 21.2. The molecule has 0 aliphatic carbocycles. The van der Waals surface area contributed by atoms with Crippen LogP contribution in [0.2, 0.25) is 0 Å². The van der Waals surface area contributed by atoms with Crippen LogP contribution in [0.1, 0.15) is 362 Å². The molecular formula is C60H124N+. The maximum absolute atomic E-state index is 2.34. The SMILES string of the molecule is CCCCCCCCCCCCCCCCCC[N+](CCCCCCCCCCCCCC)(CCCCCCCCCCCCCC)CCCCCCCCCCCCCC. The second kappa shape index (κ2) is 54.3. The molecule has 368 valence electrons. The van der Waals surface area contributed by atoms with E-state index in [2.05, 4.69) is 27.7 Å². The first-order chi connectivity index (χ1) is 30.2. The average Bonchev–Trinajstić information content (AvgIpc) is 3.27. The van der Waals surface area contributed by atoms with Gasteiger partial charge in [-0.1, -0.05) is 310 Å². The Hall–Kier alpha value is -0.0400. The number of rotatable bonds is 56. The van der Waals surface area contributed by atoms with Gasteiger partial charge in [0, 0.05) is 0 Å². The number of hydrogen-bond donors (Lipinski definition) is 0. The molecule has 0 aliphatic heterocycles. The van der Waals surface area contributed by atoms with Crippen molar-refractivity contribution < 1.29 is 4.48 Å². The molecule has 0 aromatic heterocycles. The van der Waals surface area contributed by atoms with Crippen LogP contribution in [-0.4, -0.2) is 30.7 Å². The zero-order valence-electron chi connectivity index (χ0n) is 44.0. The first kappa shape index (κ1) is 61.0. The lowest BCUT2D eigenvalue weighted by Gasteiger charge is -2.40. The molecule has 0 amide bonds. The maximum atomic E-state index is 2.34. The Morgan fingerprint density at radius 1 is 0.131 bits per heavy atom. The molecule has 0 saturated carbocycles. The fourth-order valence-electron chi connectivity index (χ4n) is 10.5. The molecule has 61 heavy (non-hydrogen) atoms. The van der Waals surface area contributed by atoms with Gasteiger partial charge in [0.25, 0.3) is 0 Å². The van der Waals surface area contributed by atoms with Crippen LogP contribution in [0.25, 0.3) is 0 Å². The van der Waals surface area contributed by atoms with E-state index in [1.165, 1.54) is 365 Å². The highest BCUT2D eigenvalue weighted by atomic mass is 15.3. The molecular weight excluding hydrogens is 735 g/mol. The van der Waals surface area contributed by atoms with Crippen LogP contribution >= 0.6 is 0 Å². The van der Waals surface area contributed by atoms with Crippen molar-refractivity contribution in [3.05, 3.63) is 0 Å². The van der Waals surface area contributed by atoms with Gasteiger partial charge in [0.05, 0.1) is 26.2 Å². The van der Waals surface area contributed by atoms with Crippen molar-refractivity contribution >= 4 is 0 Å². The Kier molecular flexibility index (Phi) is 54.3. The highest BCUT2D eigenvalue weighted by Gasteiger charge is 2.25. The van der Waals surface area contributed by atoms with Crippen molar-refractivity contribution in [1.82, 2.24) is 0 Å². The minimum absolute atomic E-state index is 1.37. The Bertz CT molecular complexity index is 674. The molecule has 0 heterocycles. The number of hydrogen-bond acceptors (Lipinski definition) is 0. The Morgan fingerprint density at radius 3 is 0.344 bits per heavy atom. The van der Waals surface area contributed by atoms with Gasteiger partial charge in [-0.25, -0.2) is 0 Å². The highest BCUT2D eigenvalue weighted by molar-refractivity contribution is 4.57. The monoisotopic (exact) mass is 859 g/mol. The van der Waals surface area contributed by atoms with E-state index in [0.717, 1.165) is 0 Å². The van der Waals surface area contributed by atoms with Gasteiger partial charge in [-0.2, -0.15) is 0 Å². The van der Waals surface area contributed by atoms with Crippen LogP contribution < -0.4 is 0 Å². The molecule has 0 saturated heterocycles. The predicted octanol–water partition coefficient (Wildman–Crippen LogP) is 22.2. The van der Waals surface area contributed by atoms with Gasteiger partial charge in [0.1, 0.15) is 0 Å². The van der Waals surface area contributed by atoms with Crippen molar-refractivity contribution in [1.29, 1.82) is 0 Å². The van der Waals surface area contributed by atoms with Crippen molar-refractivity contribution in [3.63, 3.8) is 0 Å². The largest absolute Gasteiger partial charge is 0.324 e. The molecule has 0 rings (SSSR count). The summed E-state index contributed by atoms with van der Waals surface area (Å²) in [7, 11) is 0. The molecule has 0 bridgehead atoms. The van der Waals surface area contributed by atoms with Crippen LogP contribution in [-0.2, 0) is 0 Å². The normalized spacial score (nSPS) is 12.0. The highest BCUT2D eigenvalue weighted by Crippen LogP contribution is 2.22. The third kappa shape index (κ3) is 49.2. The van der Waals surface area contributed by atoms with E-state index in [1.807, 2.05) is 0 Å². The third-order valence-electron chi connectivity index (χ3n) is 14.9. The van der Waals surface area contributed by atoms with E-state index in [9.17, 15) is 0 Å². The first-order valence-corrected chi connectivity index (χ1v) is 30.1. The van der Waals surface area contributed by atoms with Crippen molar-refractivity contribution in [2.24, 2.45) is 0 Å². The third-order valence-corrected chi connectivity index (χ3v) is 14.9. The topological polar surface area (TPSA) is 0 Å². The lowest BCUT2D eigenvalue weighted by molar-refractivity contribution is -0.929. The van der Waals surface area contributed by atoms with Gasteiger partial charge in [-0.05, 0) is 51.4 Å². The van der Waals surface area contributed by atoms with Crippen LogP contribution in [0, 0.1) is 0 Å². The summed E-state index contributed by atoms with van der Waals surface area (Å²) < 4.78 is 1.49. The van der Waals surface area contributed by atoms with E-state index in [-0.39, 0.29) is 0 Å². The van der Waals surface area contributed by atoms with Gasteiger partial charge in [-0.3, -0.25) is 0 Å². The molecule has 0 atom stereocenters. The second-order valence-electron chi connectivity index (χ2n) is 21.2.